The van der Waals surface area contributed by atoms with Crippen LogP contribution in [0.4, 0.5) is 10.5 Å². The monoisotopic (exact) mass is 234 g/mol. The number of para-hydroxylation sites is 1. The van der Waals surface area contributed by atoms with E-state index in [0.29, 0.717) is 6.54 Å². The Labute approximate surface area is 101 Å². The molecule has 1 unspecified atom stereocenters. The van der Waals surface area contributed by atoms with Crippen molar-refractivity contribution in [3.8, 4) is 0 Å². The van der Waals surface area contributed by atoms with Crippen molar-refractivity contribution in [2.45, 2.75) is 32.4 Å². The highest BCUT2D eigenvalue weighted by molar-refractivity contribution is 5.70. The second kappa shape index (κ2) is 4.28. The number of amides is 1. The molecule has 0 spiro atoms. The van der Waals surface area contributed by atoms with Crippen molar-refractivity contribution < 1.29 is 9.53 Å². The molecule has 2 N–H and O–H groups in total. The predicted molar refractivity (Wildman–Crippen MR) is 67.0 cm³/mol. The Bertz CT molecular complexity index is 424. The van der Waals surface area contributed by atoms with Crippen molar-refractivity contribution in [2.24, 2.45) is 0 Å². The lowest BCUT2D eigenvalue weighted by Gasteiger charge is -2.21. The molecule has 0 radical (unpaired) electrons. The van der Waals surface area contributed by atoms with Crippen LogP contribution >= 0.6 is 0 Å². The van der Waals surface area contributed by atoms with Crippen molar-refractivity contribution in [1.82, 2.24) is 5.32 Å². The summed E-state index contributed by atoms with van der Waals surface area (Å²) in [4.78, 5) is 11.7. The average Bonchev–Trinajstić information content (AvgIpc) is 2.59. The van der Waals surface area contributed by atoms with E-state index in [2.05, 4.69) is 10.6 Å². The van der Waals surface area contributed by atoms with Gasteiger partial charge in [0.05, 0.1) is 6.04 Å². The van der Waals surface area contributed by atoms with Crippen LogP contribution in [0.2, 0.25) is 0 Å². The van der Waals surface area contributed by atoms with Crippen molar-refractivity contribution in [3.63, 3.8) is 0 Å². The molecule has 0 aromatic heterocycles. The molecule has 17 heavy (non-hydrogen) atoms. The van der Waals surface area contributed by atoms with E-state index in [0.717, 1.165) is 11.3 Å². The number of rotatable bonds is 1. The third kappa shape index (κ3) is 2.90. The lowest BCUT2D eigenvalue weighted by atomic mass is 10.1. The predicted octanol–water partition coefficient (Wildman–Crippen LogP) is 2.68. The summed E-state index contributed by atoms with van der Waals surface area (Å²) in [6.07, 6.45) is -0.374. The zero-order chi connectivity index (χ0) is 12.5. The molecule has 4 nitrogen and oxygen atoms in total. The maximum absolute atomic E-state index is 11.7. The number of benzene rings is 1. The quantitative estimate of drug-likeness (QED) is 0.785. The number of carbonyl (C=O) groups is 1. The Morgan fingerprint density at radius 1 is 1.41 bits per heavy atom. The SMILES string of the molecule is CC(C)(C)OC(=O)NC1CNc2ccccc21. The minimum atomic E-state index is -0.463. The highest BCUT2D eigenvalue weighted by Crippen LogP contribution is 2.29. The molecule has 1 heterocycles. The van der Waals surface area contributed by atoms with Crippen LogP contribution in [0, 0.1) is 0 Å². The highest BCUT2D eigenvalue weighted by Gasteiger charge is 2.25. The fourth-order valence-corrected chi connectivity index (χ4v) is 1.86. The largest absolute Gasteiger partial charge is 0.444 e. The molecule has 2 rings (SSSR count). The molecule has 0 saturated heterocycles. The number of nitrogens with one attached hydrogen (secondary N) is 2. The summed E-state index contributed by atoms with van der Waals surface area (Å²) in [5, 5.41) is 6.12. The molecule has 92 valence electrons. The van der Waals surface area contributed by atoms with Gasteiger partial charge >= 0.3 is 6.09 Å². The second-order valence-corrected chi connectivity index (χ2v) is 5.17. The smallest absolute Gasteiger partial charge is 0.408 e. The van der Waals surface area contributed by atoms with Gasteiger partial charge in [0.2, 0.25) is 0 Å². The third-order valence-corrected chi connectivity index (χ3v) is 2.52. The van der Waals surface area contributed by atoms with Gasteiger partial charge in [-0.3, -0.25) is 0 Å². The van der Waals surface area contributed by atoms with Crippen molar-refractivity contribution in [2.75, 3.05) is 11.9 Å². The van der Waals surface area contributed by atoms with Crippen LogP contribution in [0.1, 0.15) is 32.4 Å². The lowest BCUT2D eigenvalue weighted by Crippen LogP contribution is -2.35. The number of alkyl carbamates (subject to hydrolysis) is 1. The zero-order valence-corrected chi connectivity index (χ0v) is 10.4. The first kappa shape index (κ1) is 11.8. The molecule has 4 heteroatoms. The summed E-state index contributed by atoms with van der Waals surface area (Å²) in [5.74, 6) is 0. The topological polar surface area (TPSA) is 50.4 Å². The summed E-state index contributed by atoms with van der Waals surface area (Å²) < 4.78 is 5.24. The van der Waals surface area contributed by atoms with E-state index >= 15 is 0 Å². The summed E-state index contributed by atoms with van der Waals surface area (Å²) in [5.41, 5.74) is 1.72. The number of ether oxygens (including phenoxy) is 1. The molecule has 0 saturated carbocycles. The number of fused-ring (bicyclic) bond motifs is 1. The van der Waals surface area contributed by atoms with E-state index in [1.165, 1.54) is 0 Å². The first-order valence-electron chi connectivity index (χ1n) is 5.78. The van der Waals surface area contributed by atoms with Crippen LogP contribution in [0.15, 0.2) is 24.3 Å². The first-order valence-corrected chi connectivity index (χ1v) is 5.78. The van der Waals surface area contributed by atoms with Crippen molar-refractivity contribution in [3.05, 3.63) is 29.8 Å². The fourth-order valence-electron chi connectivity index (χ4n) is 1.86. The molecule has 1 aromatic rings. The second-order valence-electron chi connectivity index (χ2n) is 5.17. The van der Waals surface area contributed by atoms with E-state index in [9.17, 15) is 4.79 Å². The Balaban J connectivity index is 2.00. The van der Waals surface area contributed by atoms with Gasteiger partial charge in [-0.25, -0.2) is 4.79 Å². The standard InChI is InChI=1S/C13H18N2O2/c1-13(2,3)17-12(16)15-11-8-14-10-7-5-4-6-9(10)11/h4-7,11,14H,8H2,1-3H3,(H,15,16). The molecule has 0 fully saturated rings. The summed E-state index contributed by atoms with van der Waals surface area (Å²) >= 11 is 0. The molecule has 1 atom stereocenters. The first-order chi connectivity index (χ1) is 7.96. The van der Waals surface area contributed by atoms with E-state index in [4.69, 9.17) is 4.74 Å². The van der Waals surface area contributed by atoms with Crippen LogP contribution in [0.3, 0.4) is 0 Å². The van der Waals surface area contributed by atoms with E-state index < -0.39 is 5.60 Å². The van der Waals surface area contributed by atoms with Gasteiger partial charge in [-0.2, -0.15) is 0 Å². The van der Waals surface area contributed by atoms with Gasteiger partial charge in [0.1, 0.15) is 5.60 Å². The third-order valence-electron chi connectivity index (χ3n) is 2.52. The molecule has 0 aliphatic carbocycles. The molecule has 0 bridgehead atoms. The van der Waals surface area contributed by atoms with Crippen LogP contribution in [0.5, 0.6) is 0 Å². The molecular formula is C13H18N2O2. The van der Waals surface area contributed by atoms with Gasteiger partial charge < -0.3 is 15.4 Å². The van der Waals surface area contributed by atoms with Gasteiger partial charge in [0.25, 0.3) is 0 Å². The summed E-state index contributed by atoms with van der Waals surface area (Å²) in [6, 6.07) is 7.95. The summed E-state index contributed by atoms with van der Waals surface area (Å²) in [6.45, 7) is 6.27. The van der Waals surface area contributed by atoms with Crippen molar-refractivity contribution >= 4 is 11.8 Å². The minimum Gasteiger partial charge on any atom is -0.444 e. The molecule has 1 aliphatic heterocycles. The zero-order valence-electron chi connectivity index (χ0n) is 10.4. The Hall–Kier alpha value is -1.71. The number of anilines is 1. The maximum atomic E-state index is 11.7. The Morgan fingerprint density at radius 2 is 2.12 bits per heavy atom. The highest BCUT2D eigenvalue weighted by atomic mass is 16.6. The van der Waals surface area contributed by atoms with Gasteiger partial charge in [-0.05, 0) is 32.4 Å². The maximum Gasteiger partial charge on any atom is 0.408 e. The fraction of sp³-hybridized carbons (Fsp3) is 0.462. The molecule has 1 aromatic carbocycles. The summed E-state index contributed by atoms with van der Waals surface area (Å²) in [7, 11) is 0. The van der Waals surface area contributed by atoms with Gasteiger partial charge in [0.15, 0.2) is 0 Å². The average molecular weight is 234 g/mol. The van der Waals surface area contributed by atoms with E-state index in [1.807, 2.05) is 45.0 Å². The molecule has 1 amide bonds. The number of hydrogen-bond acceptors (Lipinski definition) is 3. The Kier molecular flexibility index (Phi) is 2.96. The van der Waals surface area contributed by atoms with Crippen LogP contribution in [-0.2, 0) is 4.74 Å². The Morgan fingerprint density at radius 3 is 2.82 bits per heavy atom. The minimum absolute atomic E-state index is 0.0129. The van der Waals surface area contributed by atoms with E-state index in [1.54, 1.807) is 0 Å². The van der Waals surface area contributed by atoms with Gasteiger partial charge in [-0.1, -0.05) is 18.2 Å². The van der Waals surface area contributed by atoms with Gasteiger partial charge in [0, 0.05) is 12.2 Å². The number of hydrogen-bond donors (Lipinski definition) is 2. The van der Waals surface area contributed by atoms with Crippen LogP contribution < -0.4 is 10.6 Å². The normalized spacial score (nSPS) is 18.2. The molecule has 1 aliphatic rings. The van der Waals surface area contributed by atoms with E-state index in [-0.39, 0.29) is 12.1 Å². The molecular weight excluding hydrogens is 216 g/mol. The lowest BCUT2D eigenvalue weighted by molar-refractivity contribution is 0.0508. The van der Waals surface area contributed by atoms with Gasteiger partial charge in [-0.15, -0.1) is 0 Å². The number of carbonyl (C=O) groups excluding carboxylic acids is 1. The van der Waals surface area contributed by atoms with Crippen LogP contribution in [-0.4, -0.2) is 18.2 Å². The van der Waals surface area contributed by atoms with Crippen LogP contribution in [0.25, 0.3) is 0 Å². The van der Waals surface area contributed by atoms with Crippen molar-refractivity contribution in [1.29, 1.82) is 0 Å².